The number of pyridine rings is 1. The average Bonchev–Trinajstić information content (AvgIpc) is 3.31. The van der Waals surface area contributed by atoms with Crippen LogP contribution in [0.3, 0.4) is 0 Å². The summed E-state index contributed by atoms with van der Waals surface area (Å²) in [6.45, 7) is -2.06. The van der Waals surface area contributed by atoms with Crippen molar-refractivity contribution in [3.05, 3.63) is 66.4 Å². The van der Waals surface area contributed by atoms with Gasteiger partial charge >= 0.3 is 18.5 Å². The van der Waals surface area contributed by atoms with Gasteiger partial charge in [-0.05, 0) is 30.3 Å². The lowest BCUT2D eigenvalue weighted by Gasteiger charge is -2.17. The molecule has 3 aromatic heterocycles. The standard InChI is InChI=1S/C22H13F9N6O/c23-20(24,25)9-38-16-5-11(1-3-13(16)21(26,27)28)14-6-17(22(29,30)31)36-19(35-14)37-8-15(34-10-37)12-2-4-18(32)33-7-12/h1-8,10H,9H2,(H2,32,33). The van der Waals surface area contributed by atoms with Gasteiger partial charge in [-0.25, -0.2) is 19.9 Å². The van der Waals surface area contributed by atoms with Crippen molar-refractivity contribution in [2.24, 2.45) is 0 Å². The Morgan fingerprint density at radius 3 is 2.11 bits per heavy atom. The molecule has 0 amide bonds. The van der Waals surface area contributed by atoms with Gasteiger partial charge in [-0.3, -0.25) is 4.57 Å². The van der Waals surface area contributed by atoms with Crippen LogP contribution >= 0.6 is 0 Å². The predicted octanol–water partition coefficient (Wildman–Crippen LogP) is 5.95. The zero-order valence-electron chi connectivity index (χ0n) is 18.5. The molecule has 1 aromatic carbocycles. The highest BCUT2D eigenvalue weighted by molar-refractivity contribution is 5.64. The third kappa shape index (κ3) is 6.12. The molecule has 2 N–H and O–H groups in total. The summed E-state index contributed by atoms with van der Waals surface area (Å²) in [5.74, 6) is -1.58. The number of ether oxygens (including phenoxy) is 1. The van der Waals surface area contributed by atoms with Crippen molar-refractivity contribution in [2.75, 3.05) is 12.3 Å². The summed E-state index contributed by atoms with van der Waals surface area (Å²) in [6, 6.07) is 5.14. The third-order valence-corrected chi connectivity index (χ3v) is 4.87. The number of alkyl halides is 9. The molecule has 0 radical (unpaired) electrons. The third-order valence-electron chi connectivity index (χ3n) is 4.87. The number of imidazole rings is 1. The number of nitrogens with zero attached hydrogens (tertiary/aromatic N) is 5. The molecule has 0 bridgehead atoms. The maximum Gasteiger partial charge on any atom is 0.433 e. The van der Waals surface area contributed by atoms with E-state index in [0.717, 1.165) is 17.0 Å². The molecule has 0 aliphatic carbocycles. The minimum Gasteiger partial charge on any atom is -0.483 e. The second-order valence-electron chi connectivity index (χ2n) is 7.69. The second kappa shape index (κ2) is 9.50. The molecule has 0 fully saturated rings. The van der Waals surface area contributed by atoms with E-state index in [4.69, 9.17) is 5.73 Å². The Hall–Kier alpha value is -4.37. The van der Waals surface area contributed by atoms with Crippen molar-refractivity contribution < 1.29 is 44.3 Å². The fourth-order valence-corrected chi connectivity index (χ4v) is 3.18. The van der Waals surface area contributed by atoms with Gasteiger partial charge in [0.15, 0.2) is 12.3 Å². The maximum absolute atomic E-state index is 13.6. The predicted molar refractivity (Wildman–Crippen MR) is 114 cm³/mol. The van der Waals surface area contributed by atoms with Crippen molar-refractivity contribution in [3.63, 3.8) is 0 Å². The molecule has 200 valence electrons. The molecule has 4 aromatic rings. The Morgan fingerprint density at radius 1 is 0.789 bits per heavy atom. The first-order valence-electron chi connectivity index (χ1n) is 10.2. The molecule has 0 unspecified atom stereocenters. The fourth-order valence-electron chi connectivity index (χ4n) is 3.18. The molecule has 0 atom stereocenters. The number of halogens is 9. The van der Waals surface area contributed by atoms with Crippen LogP contribution in [0, 0.1) is 0 Å². The van der Waals surface area contributed by atoms with Crippen molar-refractivity contribution in [2.45, 2.75) is 18.5 Å². The first-order chi connectivity index (χ1) is 17.6. The van der Waals surface area contributed by atoms with Crippen LogP contribution in [0.15, 0.2) is 55.1 Å². The first-order valence-corrected chi connectivity index (χ1v) is 10.2. The molecular formula is C22H13F9N6O. The summed E-state index contributed by atoms with van der Waals surface area (Å²) < 4.78 is 124. The van der Waals surface area contributed by atoms with Gasteiger partial charge in [0.05, 0.1) is 17.0 Å². The first kappa shape index (κ1) is 26.7. The number of nitrogens with two attached hydrogens (primary N) is 1. The zero-order chi connectivity index (χ0) is 27.9. The highest BCUT2D eigenvalue weighted by Gasteiger charge is 2.37. The van der Waals surface area contributed by atoms with Gasteiger partial charge in [0.25, 0.3) is 0 Å². The minimum absolute atomic E-state index is 0.217. The summed E-state index contributed by atoms with van der Waals surface area (Å²) in [7, 11) is 0. The molecule has 3 heterocycles. The number of benzene rings is 1. The summed E-state index contributed by atoms with van der Waals surface area (Å²) in [5, 5.41) is 0. The van der Waals surface area contributed by atoms with Crippen LogP contribution in [-0.4, -0.2) is 37.3 Å². The maximum atomic E-state index is 13.6. The normalized spacial score (nSPS) is 12.6. The Morgan fingerprint density at radius 2 is 1.50 bits per heavy atom. The van der Waals surface area contributed by atoms with Crippen LogP contribution in [0.4, 0.5) is 45.3 Å². The molecule has 38 heavy (non-hydrogen) atoms. The number of hydrogen-bond acceptors (Lipinski definition) is 6. The van der Waals surface area contributed by atoms with Crippen LogP contribution in [-0.2, 0) is 12.4 Å². The van der Waals surface area contributed by atoms with Crippen LogP contribution in [0.2, 0.25) is 0 Å². The van der Waals surface area contributed by atoms with Gasteiger partial charge in [-0.1, -0.05) is 6.07 Å². The number of nitrogen functional groups attached to an aromatic ring is 1. The molecule has 0 saturated carbocycles. The molecule has 0 aliphatic rings. The monoisotopic (exact) mass is 548 g/mol. The SMILES string of the molecule is Nc1ccc(-c2cn(-c3nc(-c4ccc(C(F)(F)F)c(OCC(F)(F)F)c4)cc(C(F)(F)F)n3)cn2)cn1. The van der Waals surface area contributed by atoms with Gasteiger partial charge in [0.1, 0.15) is 17.9 Å². The van der Waals surface area contributed by atoms with E-state index in [2.05, 4.69) is 24.7 Å². The van der Waals surface area contributed by atoms with Crippen LogP contribution in [0.1, 0.15) is 11.3 Å². The van der Waals surface area contributed by atoms with Gasteiger partial charge < -0.3 is 10.5 Å². The molecule has 7 nitrogen and oxygen atoms in total. The smallest absolute Gasteiger partial charge is 0.433 e. The van der Waals surface area contributed by atoms with Gasteiger partial charge in [0.2, 0.25) is 5.95 Å². The number of anilines is 1. The number of rotatable bonds is 5. The van der Waals surface area contributed by atoms with E-state index in [1.54, 1.807) is 6.07 Å². The molecule has 0 spiro atoms. The molecule has 4 rings (SSSR count). The van der Waals surface area contributed by atoms with E-state index in [0.29, 0.717) is 23.8 Å². The Bertz CT molecular complexity index is 1440. The van der Waals surface area contributed by atoms with Gasteiger partial charge in [0, 0.05) is 23.5 Å². The summed E-state index contributed by atoms with van der Waals surface area (Å²) in [6.07, 6.45) is -11.3. The second-order valence-corrected chi connectivity index (χ2v) is 7.69. The fraction of sp³-hybridized carbons (Fsp3) is 0.182. The van der Waals surface area contributed by atoms with E-state index in [1.165, 1.54) is 18.5 Å². The van der Waals surface area contributed by atoms with E-state index in [9.17, 15) is 39.5 Å². The van der Waals surface area contributed by atoms with E-state index in [1.807, 2.05) is 0 Å². The van der Waals surface area contributed by atoms with Crippen molar-refractivity contribution in [1.29, 1.82) is 0 Å². The van der Waals surface area contributed by atoms with E-state index >= 15 is 0 Å². The van der Waals surface area contributed by atoms with Crippen LogP contribution in [0.5, 0.6) is 5.75 Å². The highest BCUT2D eigenvalue weighted by atomic mass is 19.4. The summed E-state index contributed by atoms with van der Waals surface area (Å²) in [4.78, 5) is 15.4. The van der Waals surface area contributed by atoms with Crippen LogP contribution in [0.25, 0.3) is 28.5 Å². The highest BCUT2D eigenvalue weighted by Crippen LogP contribution is 2.40. The van der Waals surface area contributed by atoms with Crippen molar-refractivity contribution in [3.8, 4) is 34.2 Å². The quantitative estimate of drug-likeness (QED) is 0.310. The number of aromatic nitrogens is 5. The van der Waals surface area contributed by atoms with Crippen molar-refractivity contribution >= 4 is 5.82 Å². The summed E-state index contributed by atoms with van der Waals surface area (Å²) in [5.41, 5.74) is 2.32. The number of hydrogen-bond donors (Lipinski definition) is 1. The zero-order valence-corrected chi connectivity index (χ0v) is 18.5. The van der Waals surface area contributed by atoms with Gasteiger partial charge in [-0.15, -0.1) is 0 Å². The van der Waals surface area contributed by atoms with Gasteiger partial charge in [-0.2, -0.15) is 39.5 Å². The Balaban J connectivity index is 1.81. The van der Waals surface area contributed by atoms with Crippen molar-refractivity contribution in [1.82, 2.24) is 24.5 Å². The molecule has 0 saturated heterocycles. The Labute approximate surface area is 206 Å². The molecule has 0 aliphatic heterocycles. The lowest BCUT2D eigenvalue weighted by molar-refractivity contribution is -0.158. The lowest BCUT2D eigenvalue weighted by Crippen LogP contribution is -2.21. The Kier molecular flexibility index (Phi) is 6.67. The minimum atomic E-state index is -5.10. The summed E-state index contributed by atoms with van der Waals surface area (Å²) >= 11 is 0. The van der Waals surface area contributed by atoms with Crippen LogP contribution < -0.4 is 10.5 Å². The average molecular weight is 548 g/mol. The topological polar surface area (TPSA) is 91.7 Å². The molecular weight excluding hydrogens is 535 g/mol. The molecule has 16 heteroatoms. The lowest BCUT2D eigenvalue weighted by atomic mass is 10.1. The largest absolute Gasteiger partial charge is 0.483 e. The van der Waals surface area contributed by atoms with E-state index in [-0.39, 0.29) is 17.1 Å². The van der Waals surface area contributed by atoms with E-state index < -0.39 is 53.8 Å².